The number of pyridine rings is 1. The van der Waals surface area contributed by atoms with Crippen molar-refractivity contribution in [3.8, 4) is 16.9 Å². The number of ketones is 1. The molecule has 0 fully saturated rings. The number of fused-ring (bicyclic) bond motifs is 1. The first-order valence-electron chi connectivity index (χ1n) is 9.81. The fourth-order valence-electron chi connectivity index (χ4n) is 3.51. The SMILES string of the molecule is COC(=O)c1ccccc1NC(=O)C(=O)c1c(-c2ccc(OC)cc2)cc2ccccn12. The number of ether oxygens (including phenoxy) is 2. The predicted octanol–water partition coefficient (Wildman–Crippen LogP) is 4.22. The van der Waals surface area contributed by atoms with Gasteiger partial charge in [-0.15, -0.1) is 0 Å². The van der Waals surface area contributed by atoms with Crippen LogP contribution in [-0.4, -0.2) is 36.3 Å². The Bertz CT molecular complexity index is 1320. The molecule has 1 N–H and O–H groups in total. The van der Waals surface area contributed by atoms with Crippen molar-refractivity contribution in [3.05, 3.63) is 90.3 Å². The lowest BCUT2D eigenvalue weighted by Gasteiger charge is -2.10. The highest BCUT2D eigenvalue weighted by molar-refractivity contribution is 6.47. The molecule has 0 aliphatic carbocycles. The smallest absolute Gasteiger partial charge is 0.339 e. The van der Waals surface area contributed by atoms with E-state index in [-0.39, 0.29) is 16.9 Å². The van der Waals surface area contributed by atoms with Crippen molar-refractivity contribution in [1.82, 2.24) is 4.40 Å². The monoisotopic (exact) mass is 428 g/mol. The van der Waals surface area contributed by atoms with Crippen LogP contribution in [0, 0.1) is 0 Å². The third-order valence-electron chi connectivity index (χ3n) is 5.08. The predicted molar refractivity (Wildman–Crippen MR) is 120 cm³/mol. The molecule has 160 valence electrons. The number of benzene rings is 2. The maximum absolute atomic E-state index is 13.3. The quantitative estimate of drug-likeness (QED) is 0.282. The fourth-order valence-corrected chi connectivity index (χ4v) is 3.51. The molecule has 0 atom stereocenters. The van der Waals surface area contributed by atoms with Crippen molar-refractivity contribution in [2.45, 2.75) is 0 Å². The molecule has 7 nitrogen and oxygen atoms in total. The minimum atomic E-state index is -0.861. The molecule has 4 aromatic rings. The van der Waals surface area contributed by atoms with E-state index in [4.69, 9.17) is 9.47 Å². The van der Waals surface area contributed by atoms with Gasteiger partial charge in [0, 0.05) is 17.3 Å². The van der Waals surface area contributed by atoms with Gasteiger partial charge in [0.05, 0.1) is 25.5 Å². The number of rotatable bonds is 6. The lowest BCUT2D eigenvalue weighted by molar-refractivity contribution is -0.112. The lowest BCUT2D eigenvalue weighted by atomic mass is 10.0. The normalized spacial score (nSPS) is 10.6. The van der Waals surface area contributed by atoms with Gasteiger partial charge in [0.2, 0.25) is 0 Å². The third kappa shape index (κ3) is 3.83. The number of carbonyl (C=O) groups is 3. The van der Waals surface area contributed by atoms with E-state index in [1.54, 1.807) is 48.0 Å². The number of anilines is 1. The molecule has 0 radical (unpaired) electrons. The molecule has 1 amide bonds. The van der Waals surface area contributed by atoms with E-state index in [1.807, 2.05) is 30.3 Å². The number of carbonyl (C=O) groups excluding carboxylic acids is 3. The molecule has 7 heteroatoms. The Labute approximate surface area is 184 Å². The van der Waals surface area contributed by atoms with Crippen LogP contribution in [0.15, 0.2) is 79.0 Å². The van der Waals surface area contributed by atoms with Crippen LogP contribution in [0.3, 0.4) is 0 Å². The van der Waals surface area contributed by atoms with E-state index in [1.165, 1.54) is 19.2 Å². The number of hydrogen-bond acceptors (Lipinski definition) is 5. The second-order valence-corrected chi connectivity index (χ2v) is 6.95. The fraction of sp³-hybridized carbons (Fsp3) is 0.0800. The van der Waals surface area contributed by atoms with Gasteiger partial charge < -0.3 is 19.2 Å². The summed E-state index contributed by atoms with van der Waals surface area (Å²) in [5.74, 6) is -1.52. The third-order valence-corrected chi connectivity index (χ3v) is 5.08. The molecule has 2 aromatic carbocycles. The van der Waals surface area contributed by atoms with E-state index in [0.717, 1.165) is 11.1 Å². The Kier molecular flexibility index (Phi) is 5.72. The van der Waals surface area contributed by atoms with Gasteiger partial charge in [0.15, 0.2) is 0 Å². The van der Waals surface area contributed by atoms with E-state index in [0.29, 0.717) is 11.3 Å². The van der Waals surface area contributed by atoms with Crippen LogP contribution in [0.25, 0.3) is 16.6 Å². The topological polar surface area (TPSA) is 86.1 Å². The molecule has 0 bridgehead atoms. The first-order chi connectivity index (χ1) is 15.5. The number of para-hydroxylation sites is 1. The zero-order valence-corrected chi connectivity index (χ0v) is 17.5. The van der Waals surface area contributed by atoms with Gasteiger partial charge in [-0.25, -0.2) is 4.79 Å². The lowest BCUT2D eigenvalue weighted by Crippen LogP contribution is -2.25. The number of Topliss-reactive ketones (excluding diaryl/α,β-unsaturated/α-hetero) is 1. The summed E-state index contributed by atoms with van der Waals surface area (Å²) in [6.07, 6.45) is 1.73. The Balaban J connectivity index is 1.75. The molecule has 0 unspecified atom stereocenters. The van der Waals surface area contributed by atoms with Gasteiger partial charge in [-0.1, -0.05) is 30.3 Å². The van der Waals surface area contributed by atoms with Crippen LogP contribution in [0.5, 0.6) is 5.75 Å². The van der Waals surface area contributed by atoms with Crippen molar-refractivity contribution < 1.29 is 23.9 Å². The summed E-state index contributed by atoms with van der Waals surface area (Å²) in [4.78, 5) is 38.3. The Morgan fingerprint density at radius 1 is 0.875 bits per heavy atom. The summed E-state index contributed by atoms with van der Waals surface area (Å²) < 4.78 is 11.6. The van der Waals surface area contributed by atoms with Crippen LogP contribution in [-0.2, 0) is 9.53 Å². The van der Waals surface area contributed by atoms with Gasteiger partial charge in [-0.2, -0.15) is 0 Å². The van der Waals surface area contributed by atoms with E-state index < -0.39 is 17.7 Å². The van der Waals surface area contributed by atoms with E-state index in [2.05, 4.69) is 5.32 Å². The van der Waals surface area contributed by atoms with Crippen LogP contribution in [0.1, 0.15) is 20.8 Å². The summed E-state index contributed by atoms with van der Waals surface area (Å²) in [6, 6.07) is 20.9. The minimum Gasteiger partial charge on any atom is -0.497 e. The zero-order valence-electron chi connectivity index (χ0n) is 17.5. The van der Waals surface area contributed by atoms with E-state index >= 15 is 0 Å². The van der Waals surface area contributed by atoms with Crippen molar-refractivity contribution in [2.75, 3.05) is 19.5 Å². The number of methoxy groups -OCH3 is 2. The van der Waals surface area contributed by atoms with Gasteiger partial charge >= 0.3 is 5.97 Å². The summed E-state index contributed by atoms with van der Waals surface area (Å²) >= 11 is 0. The Hall–Kier alpha value is -4.39. The first kappa shape index (κ1) is 20.9. The molecule has 0 aliphatic heterocycles. The van der Waals surface area contributed by atoms with Crippen molar-refractivity contribution in [3.63, 3.8) is 0 Å². The molecule has 4 rings (SSSR count). The maximum atomic E-state index is 13.3. The highest BCUT2D eigenvalue weighted by atomic mass is 16.5. The second-order valence-electron chi connectivity index (χ2n) is 6.95. The van der Waals surface area contributed by atoms with Crippen molar-refractivity contribution >= 4 is 28.9 Å². The summed E-state index contributed by atoms with van der Waals surface area (Å²) in [7, 11) is 2.83. The molecule has 2 heterocycles. The van der Waals surface area contributed by atoms with Gasteiger partial charge in [0.1, 0.15) is 11.4 Å². The summed E-state index contributed by atoms with van der Waals surface area (Å²) in [6.45, 7) is 0. The number of hydrogen-bond donors (Lipinski definition) is 1. The molecular formula is C25H20N2O5. The van der Waals surface area contributed by atoms with Crippen LogP contribution >= 0.6 is 0 Å². The highest BCUT2D eigenvalue weighted by Gasteiger charge is 2.26. The number of nitrogens with zero attached hydrogens (tertiary/aromatic N) is 1. The molecule has 0 saturated carbocycles. The summed E-state index contributed by atoms with van der Waals surface area (Å²) in [5, 5.41) is 2.55. The maximum Gasteiger partial charge on any atom is 0.339 e. The average Bonchev–Trinajstić information content (AvgIpc) is 3.23. The van der Waals surface area contributed by atoms with Crippen LogP contribution < -0.4 is 10.1 Å². The molecule has 0 aliphatic rings. The van der Waals surface area contributed by atoms with Crippen LogP contribution in [0.2, 0.25) is 0 Å². The van der Waals surface area contributed by atoms with Gasteiger partial charge in [0.25, 0.3) is 11.7 Å². The van der Waals surface area contributed by atoms with Crippen molar-refractivity contribution in [2.24, 2.45) is 0 Å². The Morgan fingerprint density at radius 2 is 1.59 bits per heavy atom. The first-order valence-corrected chi connectivity index (χ1v) is 9.81. The van der Waals surface area contributed by atoms with Crippen LogP contribution in [0.4, 0.5) is 5.69 Å². The van der Waals surface area contributed by atoms with E-state index in [9.17, 15) is 14.4 Å². The number of esters is 1. The second kappa shape index (κ2) is 8.77. The largest absolute Gasteiger partial charge is 0.497 e. The number of amides is 1. The number of nitrogens with one attached hydrogen (secondary N) is 1. The minimum absolute atomic E-state index is 0.159. The highest BCUT2D eigenvalue weighted by Crippen LogP contribution is 2.30. The molecule has 0 spiro atoms. The van der Waals surface area contributed by atoms with Gasteiger partial charge in [-0.05, 0) is 48.0 Å². The van der Waals surface area contributed by atoms with Gasteiger partial charge in [-0.3, -0.25) is 9.59 Å². The molecule has 32 heavy (non-hydrogen) atoms. The molecular weight excluding hydrogens is 408 g/mol. The standard InChI is InChI=1S/C25H20N2O5/c1-31-18-12-10-16(11-13-18)20-15-17-7-5-6-14-27(17)22(20)23(28)24(29)26-21-9-4-3-8-19(21)25(30)32-2/h3-15H,1-2H3,(H,26,29). The molecule has 2 aromatic heterocycles. The molecule has 0 saturated heterocycles. The Morgan fingerprint density at radius 3 is 2.31 bits per heavy atom. The average molecular weight is 428 g/mol. The zero-order chi connectivity index (χ0) is 22.7. The van der Waals surface area contributed by atoms with Crippen molar-refractivity contribution in [1.29, 1.82) is 0 Å². The number of aromatic nitrogens is 1. The summed E-state index contributed by atoms with van der Waals surface area (Å²) in [5.41, 5.74) is 2.72.